The van der Waals surface area contributed by atoms with Gasteiger partial charge in [-0.15, -0.1) is 0 Å². The summed E-state index contributed by atoms with van der Waals surface area (Å²) in [5.74, 6) is -0.452. The van der Waals surface area contributed by atoms with Crippen LogP contribution in [0.25, 0.3) is 10.9 Å². The van der Waals surface area contributed by atoms with Crippen LogP contribution < -0.4 is 0 Å². The largest absolute Gasteiger partial charge is 0.443 e. The van der Waals surface area contributed by atoms with Crippen molar-refractivity contribution in [1.82, 2.24) is 14.5 Å². The van der Waals surface area contributed by atoms with Crippen molar-refractivity contribution < 1.29 is 9.53 Å². The molecule has 2 aromatic heterocycles. The average molecular weight is 428 g/mol. The van der Waals surface area contributed by atoms with E-state index in [9.17, 15) is 4.79 Å². The fraction of sp³-hybridized carbons (Fsp3) is 0.333. The normalized spacial score (nSPS) is 21.7. The topological polar surface area (TPSA) is 47.4 Å². The van der Waals surface area contributed by atoms with E-state index in [-0.39, 0.29) is 11.9 Å². The molecule has 0 fully saturated rings. The number of hydrogen-bond acceptors (Lipinski definition) is 4. The first kappa shape index (κ1) is 20.6. The molecule has 0 saturated heterocycles. The molecule has 2 aliphatic rings. The number of esters is 1. The number of pyridine rings is 1. The second kappa shape index (κ2) is 7.66. The van der Waals surface area contributed by atoms with Crippen molar-refractivity contribution in [2.45, 2.75) is 39.8 Å². The first-order chi connectivity index (χ1) is 15.6. The third-order valence-electron chi connectivity index (χ3n) is 6.97. The summed E-state index contributed by atoms with van der Waals surface area (Å²) in [4.78, 5) is 20.2. The second-order valence-corrected chi connectivity index (χ2v) is 8.40. The first-order valence-corrected chi connectivity index (χ1v) is 11.5. The molecule has 164 valence electrons. The maximum absolute atomic E-state index is 13.1. The highest BCUT2D eigenvalue weighted by Crippen LogP contribution is 2.52. The molecule has 2 unspecified atom stereocenters. The van der Waals surface area contributed by atoms with Crippen molar-refractivity contribution in [1.29, 1.82) is 0 Å². The summed E-state index contributed by atoms with van der Waals surface area (Å²) < 4.78 is 8.70. The Morgan fingerprint density at radius 3 is 2.66 bits per heavy atom. The third-order valence-corrected chi connectivity index (χ3v) is 6.97. The number of allylic oxidation sites excluding steroid dienone is 1. The Morgan fingerprint density at radius 1 is 1.12 bits per heavy atom. The Labute approximate surface area is 189 Å². The Hall–Kier alpha value is -3.34. The van der Waals surface area contributed by atoms with E-state index in [0.29, 0.717) is 11.3 Å². The Bertz CT molecular complexity index is 1270. The van der Waals surface area contributed by atoms with Crippen LogP contribution in [0.1, 0.15) is 48.1 Å². The Kier molecular flexibility index (Phi) is 4.92. The van der Waals surface area contributed by atoms with Gasteiger partial charge in [0, 0.05) is 59.6 Å². The van der Waals surface area contributed by atoms with Crippen LogP contribution in [0.3, 0.4) is 0 Å². The van der Waals surface area contributed by atoms with Crippen LogP contribution >= 0.6 is 0 Å². The minimum atomic E-state index is -0.997. The number of para-hydroxylation sites is 1. The predicted molar refractivity (Wildman–Crippen MR) is 126 cm³/mol. The predicted octanol–water partition coefficient (Wildman–Crippen LogP) is 5.19. The molecular weight excluding hydrogens is 398 g/mol. The molecule has 1 aromatic carbocycles. The van der Waals surface area contributed by atoms with Crippen LogP contribution in [0.2, 0.25) is 0 Å². The second-order valence-electron chi connectivity index (χ2n) is 8.40. The molecule has 32 heavy (non-hydrogen) atoms. The van der Waals surface area contributed by atoms with Gasteiger partial charge < -0.3 is 14.2 Å². The van der Waals surface area contributed by atoms with Crippen molar-refractivity contribution >= 4 is 16.9 Å². The number of carbonyl (C=O) groups excluding carboxylic acids is 1. The summed E-state index contributed by atoms with van der Waals surface area (Å²) in [6.45, 7) is 11.3. The lowest BCUT2D eigenvalue weighted by atomic mass is 9.77. The smallest absolute Gasteiger partial charge is 0.341 e. The molecule has 5 heteroatoms. The van der Waals surface area contributed by atoms with Gasteiger partial charge in [0.1, 0.15) is 5.69 Å². The number of hydrogen-bond donors (Lipinski definition) is 0. The molecule has 0 spiro atoms. The highest BCUT2D eigenvalue weighted by Gasteiger charge is 2.55. The molecule has 1 aliphatic carbocycles. The van der Waals surface area contributed by atoms with Crippen LogP contribution in [0, 0.1) is 12.8 Å². The van der Waals surface area contributed by atoms with E-state index in [2.05, 4.69) is 79.7 Å². The fourth-order valence-electron chi connectivity index (χ4n) is 5.53. The van der Waals surface area contributed by atoms with E-state index in [1.807, 2.05) is 6.07 Å². The number of benzene rings is 1. The standard InChI is InChI=1S/C27H29N3O2/c1-5-29(6-2)20-15-14-19(17-20)27(25-22(26(31)32-27)12-10-16-28-25)24-18(4)30(7-3)23-13-9-8-11-21(23)24/h8-17,19H,5-7H2,1-4H3. The van der Waals surface area contributed by atoms with Crippen molar-refractivity contribution in [2.24, 2.45) is 5.92 Å². The maximum atomic E-state index is 13.1. The quantitative estimate of drug-likeness (QED) is 0.508. The van der Waals surface area contributed by atoms with Gasteiger partial charge in [0.15, 0.2) is 5.60 Å². The van der Waals surface area contributed by atoms with E-state index < -0.39 is 5.60 Å². The zero-order valence-electron chi connectivity index (χ0n) is 19.1. The summed E-state index contributed by atoms with van der Waals surface area (Å²) >= 11 is 0. The molecule has 5 nitrogen and oxygen atoms in total. The van der Waals surface area contributed by atoms with E-state index in [1.165, 1.54) is 0 Å². The number of ether oxygens (including phenoxy) is 1. The summed E-state index contributed by atoms with van der Waals surface area (Å²) in [5, 5.41) is 1.11. The monoisotopic (exact) mass is 427 g/mol. The number of cyclic esters (lactones) is 1. The first-order valence-electron chi connectivity index (χ1n) is 11.5. The van der Waals surface area contributed by atoms with E-state index >= 15 is 0 Å². The van der Waals surface area contributed by atoms with Crippen molar-refractivity contribution in [3.63, 3.8) is 0 Å². The van der Waals surface area contributed by atoms with Crippen molar-refractivity contribution in [3.8, 4) is 0 Å². The highest BCUT2D eigenvalue weighted by atomic mass is 16.6. The van der Waals surface area contributed by atoms with Gasteiger partial charge in [-0.1, -0.05) is 24.3 Å². The van der Waals surface area contributed by atoms with Gasteiger partial charge in [-0.05, 0) is 58.0 Å². The van der Waals surface area contributed by atoms with Gasteiger partial charge in [0.25, 0.3) is 0 Å². The van der Waals surface area contributed by atoms with Gasteiger partial charge >= 0.3 is 5.97 Å². The average Bonchev–Trinajstić information content (AvgIpc) is 3.49. The molecule has 0 radical (unpaired) electrons. The Morgan fingerprint density at radius 2 is 1.91 bits per heavy atom. The van der Waals surface area contributed by atoms with Crippen LogP contribution in [-0.4, -0.2) is 33.5 Å². The summed E-state index contributed by atoms with van der Waals surface area (Å²) in [7, 11) is 0. The number of rotatable bonds is 6. The van der Waals surface area contributed by atoms with E-state index in [1.54, 1.807) is 12.3 Å². The molecule has 0 bridgehead atoms. The summed E-state index contributed by atoms with van der Waals surface area (Å²) in [5.41, 5.74) is 4.72. The fourth-order valence-corrected chi connectivity index (χ4v) is 5.53. The van der Waals surface area contributed by atoms with Crippen LogP contribution in [-0.2, 0) is 16.9 Å². The minimum Gasteiger partial charge on any atom is -0.443 e. The molecule has 0 saturated carbocycles. The van der Waals surface area contributed by atoms with E-state index in [0.717, 1.165) is 47.5 Å². The van der Waals surface area contributed by atoms with Crippen molar-refractivity contribution in [3.05, 3.63) is 89.0 Å². The molecular formula is C27H29N3O2. The molecule has 0 N–H and O–H groups in total. The van der Waals surface area contributed by atoms with Crippen LogP contribution in [0.4, 0.5) is 0 Å². The van der Waals surface area contributed by atoms with Crippen LogP contribution in [0.15, 0.2) is 66.5 Å². The number of nitrogens with zero attached hydrogens (tertiary/aromatic N) is 3. The SMILES string of the molecule is CCN(CC)C1=CC(C2(c3c(C)n(CC)c4ccccc34)OC(=O)c3cccnc32)C=C1. The maximum Gasteiger partial charge on any atom is 0.341 e. The number of carbonyl (C=O) groups is 1. The zero-order valence-corrected chi connectivity index (χ0v) is 19.1. The molecule has 1 aliphatic heterocycles. The number of likely N-dealkylation sites (N-methyl/N-ethyl adjacent to an activating group) is 1. The molecule has 3 heterocycles. The minimum absolute atomic E-state index is 0.145. The number of aryl methyl sites for hydroxylation is 1. The lowest BCUT2D eigenvalue weighted by Gasteiger charge is -2.33. The molecule has 0 amide bonds. The van der Waals surface area contributed by atoms with Crippen LogP contribution in [0.5, 0.6) is 0 Å². The lowest BCUT2D eigenvalue weighted by molar-refractivity contribution is -0.000902. The zero-order chi connectivity index (χ0) is 22.5. The van der Waals surface area contributed by atoms with E-state index in [4.69, 9.17) is 9.72 Å². The molecule has 5 rings (SSSR count). The lowest BCUT2D eigenvalue weighted by Crippen LogP contribution is -2.36. The third kappa shape index (κ3) is 2.70. The van der Waals surface area contributed by atoms with Gasteiger partial charge in [-0.25, -0.2) is 4.79 Å². The number of aromatic nitrogens is 2. The van der Waals surface area contributed by atoms with Gasteiger partial charge in [0.2, 0.25) is 0 Å². The van der Waals surface area contributed by atoms with Gasteiger partial charge in [0.05, 0.1) is 5.56 Å². The summed E-state index contributed by atoms with van der Waals surface area (Å²) in [6.07, 6.45) is 8.32. The van der Waals surface area contributed by atoms with Gasteiger partial charge in [-0.3, -0.25) is 4.98 Å². The van der Waals surface area contributed by atoms with Crippen molar-refractivity contribution in [2.75, 3.05) is 13.1 Å². The Balaban J connectivity index is 1.83. The molecule has 3 aromatic rings. The van der Waals surface area contributed by atoms with Gasteiger partial charge in [-0.2, -0.15) is 0 Å². The highest BCUT2D eigenvalue weighted by molar-refractivity contribution is 5.97. The number of fused-ring (bicyclic) bond motifs is 2. The molecule has 2 atom stereocenters. The summed E-state index contributed by atoms with van der Waals surface area (Å²) in [6, 6.07) is 12.0.